The first-order chi connectivity index (χ1) is 10.0. The Labute approximate surface area is 123 Å². The third-order valence-corrected chi connectivity index (χ3v) is 4.21. The Kier molecular flexibility index (Phi) is 5.42. The van der Waals surface area contributed by atoms with E-state index in [1.807, 2.05) is 4.90 Å². The molecule has 1 aromatic carbocycles. The van der Waals surface area contributed by atoms with Crippen LogP contribution in [-0.4, -0.2) is 41.0 Å². The lowest BCUT2D eigenvalue weighted by Crippen LogP contribution is -2.48. The van der Waals surface area contributed by atoms with Gasteiger partial charge in [-0.15, -0.1) is 0 Å². The molecule has 2 rings (SSSR count). The predicted octanol–water partition coefficient (Wildman–Crippen LogP) is 2.77. The van der Waals surface area contributed by atoms with Gasteiger partial charge in [0.05, 0.1) is 11.6 Å². The number of benzene rings is 1. The van der Waals surface area contributed by atoms with Gasteiger partial charge in [0, 0.05) is 18.7 Å². The Morgan fingerprint density at radius 2 is 2.19 bits per heavy atom. The minimum Gasteiger partial charge on any atom is -0.396 e. The van der Waals surface area contributed by atoms with E-state index in [1.54, 1.807) is 6.92 Å². The summed E-state index contributed by atoms with van der Waals surface area (Å²) in [6.07, 6.45) is 3.62. The van der Waals surface area contributed by atoms with Gasteiger partial charge in [0.2, 0.25) is 0 Å². The smallest absolute Gasteiger partial charge is 0.182 e. The minimum absolute atomic E-state index is 0.0720. The number of carbonyl (C=O) groups is 1. The molecule has 1 fully saturated rings. The van der Waals surface area contributed by atoms with Gasteiger partial charge in [0.15, 0.2) is 5.78 Å². The Hall–Kier alpha value is -1.33. The summed E-state index contributed by atoms with van der Waals surface area (Å²) in [5, 5.41) is 9.14. The van der Waals surface area contributed by atoms with E-state index in [-0.39, 0.29) is 24.0 Å². The molecule has 21 heavy (non-hydrogen) atoms. The van der Waals surface area contributed by atoms with Crippen molar-refractivity contribution in [3.8, 4) is 0 Å². The fourth-order valence-electron chi connectivity index (χ4n) is 3.06. The largest absolute Gasteiger partial charge is 0.396 e. The number of hydrogen-bond acceptors (Lipinski definition) is 3. The number of nitrogens with zero attached hydrogens (tertiary/aromatic N) is 1. The topological polar surface area (TPSA) is 40.5 Å². The predicted molar refractivity (Wildman–Crippen MR) is 76.2 cm³/mol. The lowest BCUT2D eigenvalue weighted by atomic mass is 9.94. The monoisotopic (exact) mass is 297 g/mol. The molecule has 0 bridgehead atoms. The molecular formula is C16H21F2NO2. The van der Waals surface area contributed by atoms with Gasteiger partial charge in [-0.05, 0) is 44.9 Å². The van der Waals surface area contributed by atoms with Crippen LogP contribution in [0.1, 0.15) is 43.0 Å². The molecule has 0 aliphatic carbocycles. The van der Waals surface area contributed by atoms with Crippen LogP contribution in [-0.2, 0) is 0 Å². The molecule has 116 valence electrons. The van der Waals surface area contributed by atoms with E-state index in [2.05, 4.69) is 0 Å². The molecule has 0 spiro atoms. The van der Waals surface area contributed by atoms with Crippen molar-refractivity contribution in [3.63, 3.8) is 0 Å². The zero-order chi connectivity index (χ0) is 15.4. The standard InChI is InChI=1S/C16H21F2NO2/c1-11(19-8-3-2-4-13(19)7-9-20)16(21)14-6-5-12(17)10-15(14)18/h5-6,10-11,13,20H,2-4,7-9H2,1H3. The Morgan fingerprint density at radius 1 is 1.43 bits per heavy atom. The van der Waals surface area contributed by atoms with Crippen molar-refractivity contribution in [1.82, 2.24) is 4.90 Å². The first-order valence-electron chi connectivity index (χ1n) is 7.40. The van der Waals surface area contributed by atoms with E-state index in [1.165, 1.54) is 6.07 Å². The highest BCUT2D eigenvalue weighted by Crippen LogP contribution is 2.24. The number of likely N-dealkylation sites (tertiary alicyclic amines) is 1. The molecule has 1 saturated heterocycles. The maximum Gasteiger partial charge on any atom is 0.182 e. The molecule has 5 heteroatoms. The maximum atomic E-state index is 13.8. The van der Waals surface area contributed by atoms with Gasteiger partial charge in [-0.25, -0.2) is 8.78 Å². The molecule has 2 atom stereocenters. The van der Waals surface area contributed by atoms with E-state index < -0.39 is 17.7 Å². The number of aliphatic hydroxyl groups excluding tert-OH is 1. The molecule has 0 saturated carbocycles. The van der Waals surface area contributed by atoms with Crippen LogP contribution in [0.15, 0.2) is 18.2 Å². The molecule has 1 aromatic rings. The van der Waals surface area contributed by atoms with Crippen LogP contribution in [0.2, 0.25) is 0 Å². The highest BCUT2D eigenvalue weighted by molar-refractivity contribution is 6.00. The summed E-state index contributed by atoms with van der Waals surface area (Å²) in [6.45, 7) is 2.59. The van der Waals surface area contributed by atoms with Gasteiger partial charge in [0.1, 0.15) is 11.6 Å². The van der Waals surface area contributed by atoms with E-state index in [4.69, 9.17) is 5.11 Å². The van der Waals surface area contributed by atoms with Crippen molar-refractivity contribution >= 4 is 5.78 Å². The van der Waals surface area contributed by atoms with Gasteiger partial charge in [0.25, 0.3) is 0 Å². The van der Waals surface area contributed by atoms with Crippen LogP contribution in [0.5, 0.6) is 0 Å². The summed E-state index contributed by atoms with van der Waals surface area (Å²) >= 11 is 0. The summed E-state index contributed by atoms with van der Waals surface area (Å²) in [7, 11) is 0. The van der Waals surface area contributed by atoms with Crippen LogP contribution in [0.3, 0.4) is 0 Å². The normalized spacial score (nSPS) is 21.2. The first-order valence-corrected chi connectivity index (χ1v) is 7.40. The number of rotatable bonds is 5. The second kappa shape index (κ2) is 7.09. The summed E-state index contributed by atoms with van der Waals surface area (Å²) in [4.78, 5) is 14.5. The molecule has 1 aliphatic rings. The van der Waals surface area contributed by atoms with Crippen molar-refractivity contribution in [2.75, 3.05) is 13.2 Å². The van der Waals surface area contributed by atoms with E-state index in [9.17, 15) is 13.6 Å². The second-order valence-corrected chi connectivity index (χ2v) is 5.56. The van der Waals surface area contributed by atoms with Crippen LogP contribution in [0.4, 0.5) is 8.78 Å². The van der Waals surface area contributed by atoms with E-state index in [0.717, 1.165) is 37.9 Å². The Bertz CT molecular complexity index is 505. The zero-order valence-corrected chi connectivity index (χ0v) is 12.2. The van der Waals surface area contributed by atoms with Crippen LogP contribution in [0, 0.1) is 11.6 Å². The minimum atomic E-state index is -0.817. The van der Waals surface area contributed by atoms with Crippen molar-refractivity contribution in [3.05, 3.63) is 35.4 Å². The summed E-state index contributed by atoms with van der Waals surface area (Å²) in [5.74, 6) is -1.84. The Balaban J connectivity index is 2.17. The summed E-state index contributed by atoms with van der Waals surface area (Å²) in [6, 6.07) is 2.72. The second-order valence-electron chi connectivity index (χ2n) is 5.56. The number of carbonyl (C=O) groups excluding carboxylic acids is 1. The molecule has 0 radical (unpaired) electrons. The third kappa shape index (κ3) is 3.66. The summed E-state index contributed by atoms with van der Waals surface area (Å²) in [5.41, 5.74) is -0.0720. The Morgan fingerprint density at radius 3 is 2.86 bits per heavy atom. The van der Waals surface area contributed by atoms with Gasteiger partial charge >= 0.3 is 0 Å². The lowest BCUT2D eigenvalue weighted by Gasteiger charge is -2.39. The average Bonchev–Trinajstić information content (AvgIpc) is 2.47. The third-order valence-electron chi connectivity index (χ3n) is 4.21. The van der Waals surface area contributed by atoms with Gasteiger partial charge in [-0.2, -0.15) is 0 Å². The number of ketones is 1. The van der Waals surface area contributed by atoms with Crippen molar-refractivity contribution in [1.29, 1.82) is 0 Å². The number of hydrogen-bond donors (Lipinski definition) is 1. The molecule has 1 aliphatic heterocycles. The maximum absolute atomic E-state index is 13.8. The van der Waals surface area contributed by atoms with E-state index >= 15 is 0 Å². The van der Waals surface area contributed by atoms with Crippen LogP contribution < -0.4 is 0 Å². The molecule has 1 N–H and O–H groups in total. The SMILES string of the molecule is CC(C(=O)c1ccc(F)cc1F)N1CCCCC1CCO. The fourth-order valence-corrected chi connectivity index (χ4v) is 3.06. The van der Waals surface area contributed by atoms with Gasteiger partial charge in [-0.3, -0.25) is 9.69 Å². The fraction of sp³-hybridized carbons (Fsp3) is 0.562. The van der Waals surface area contributed by atoms with Gasteiger partial charge < -0.3 is 5.11 Å². The zero-order valence-electron chi connectivity index (χ0n) is 12.2. The number of halogens is 2. The van der Waals surface area contributed by atoms with E-state index in [0.29, 0.717) is 6.42 Å². The van der Waals surface area contributed by atoms with Crippen molar-refractivity contribution in [2.45, 2.75) is 44.7 Å². The quantitative estimate of drug-likeness (QED) is 0.850. The molecule has 2 unspecified atom stereocenters. The molecular weight excluding hydrogens is 276 g/mol. The molecule has 0 amide bonds. The number of Topliss-reactive ketones (excluding diaryl/α,β-unsaturated/α-hetero) is 1. The highest BCUT2D eigenvalue weighted by atomic mass is 19.1. The molecule has 0 aromatic heterocycles. The number of piperidine rings is 1. The molecule has 1 heterocycles. The van der Waals surface area contributed by atoms with Crippen LogP contribution >= 0.6 is 0 Å². The molecule has 3 nitrogen and oxygen atoms in total. The average molecular weight is 297 g/mol. The summed E-state index contributed by atoms with van der Waals surface area (Å²) < 4.78 is 26.7. The lowest BCUT2D eigenvalue weighted by molar-refractivity contribution is 0.0600. The van der Waals surface area contributed by atoms with Gasteiger partial charge in [-0.1, -0.05) is 6.42 Å². The van der Waals surface area contributed by atoms with Crippen LogP contribution in [0.25, 0.3) is 0 Å². The van der Waals surface area contributed by atoms with Crippen molar-refractivity contribution in [2.24, 2.45) is 0 Å². The first kappa shape index (κ1) is 16.0. The highest BCUT2D eigenvalue weighted by Gasteiger charge is 2.31. The van der Waals surface area contributed by atoms with Crippen molar-refractivity contribution < 1.29 is 18.7 Å². The number of aliphatic hydroxyl groups is 1.